The zero-order valence-electron chi connectivity index (χ0n) is 10.7. The Kier molecular flexibility index (Phi) is 4.39. The van der Waals surface area contributed by atoms with Gasteiger partial charge in [0.05, 0.1) is 5.56 Å². The topological polar surface area (TPSA) is 81.4 Å². The summed E-state index contributed by atoms with van der Waals surface area (Å²) in [4.78, 5) is 22.8. The first-order valence-corrected chi connectivity index (χ1v) is 6.45. The van der Waals surface area contributed by atoms with Crippen LogP contribution in [0.1, 0.15) is 29.6 Å². The monoisotopic (exact) mass is 262 g/mol. The van der Waals surface area contributed by atoms with Crippen LogP contribution in [0.3, 0.4) is 0 Å². The van der Waals surface area contributed by atoms with E-state index >= 15 is 0 Å². The van der Waals surface area contributed by atoms with E-state index in [1.165, 1.54) is 19.3 Å². The van der Waals surface area contributed by atoms with Crippen LogP contribution in [0.2, 0.25) is 0 Å². The number of hydrogen-bond acceptors (Lipinski definition) is 3. The lowest BCUT2D eigenvalue weighted by Crippen LogP contribution is -2.35. The average molecular weight is 262 g/mol. The average Bonchev–Trinajstić information content (AvgIpc) is 2.34. The minimum atomic E-state index is -0.564. The van der Waals surface area contributed by atoms with Crippen LogP contribution in [-0.4, -0.2) is 25.0 Å². The fourth-order valence-electron chi connectivity index (χ4n) is 1.95. The molecule has 19 heavy (non-hydrogen) atoms. The molecule has 0 radical (unpaired) electrons. The molecule has 0 heterocycles. The van der Waals surface area contributed by atoms with Gasteiger partial charge in [-0.2, -0.15) is 0 Å². The van der Waals surface area contributed by atoms with Crippen LogP contribution in [0.4, 0.5) is 0 Å². The number of hydrogen-bond donors (Lipinski definition) is 2. The molecule has 0 unspecified atom stereocenters. The first-order chi connectivity index (χ1) is 9.16. The quantitative estimate of drug-likeness (QED) is 0.805. The number of amides is 2. The van der Waals surface area contributed by atoms with E-state index in [1.54, 1.807) is 24.3 Å². The van der Waals surface area contributed by atoms with Crippen LogP contribution in [0, 0.1) is 5.92 Å². The molecule has 1 aromatic carbocycles. The van der Waals surface area contributed by atoms with Gasteiger partial charge in [-0.05, 0) is 30.9 Å². The molecule has 0 atom stereocenters. The Morgan fingerprint density at radius 3 is 2.68 bits per heavy atom. The molecule has 1 aliphatic rings. The molecule has 2 rings (SSSR count). The molecular formula is C14H18N2O3. The number of ether oxygens (including phenoxy) is 1. The van der Waals surface area contributed by atoms with Crippen molar-refractivity contribution < 1.29 is 14.3 Å². The normalized spacial score (nSPS) is 14.5. The summed E-state index contributed by atoms with van der Waals surface area (Å²) in [6, 6.07) is 6.63. The SMILES string of the molecule is NC(=O)c1ccccc1OCC(=O)NCC1CCC1. The van der Waals surface area contributed by atoms with Crippen LogP contribution in [0.25, 0.3) is 0 Å². The highest BCUT2D eigenvalue weighted by atomic mass is 16.5. The summed E-state index contributed by atoms with van der Waals surface area (Å²) in [6.45, 7) is 0.608. The Bertz CT molecular complexity index is 470. The van der Waals surface area contributed by atoms with Crippen molar-refractivity contribution in [1.29, 1.82) is 0 Å². The molecule has 102 valence electrons. The van der Waals surface area contributed by atoms with Crippen LogP contribution >= 0.6 is 0 Å². The molecule has 1 aromatic rings. The fraction of sp³-hybridized carbons (Fsp3) is 0.429. The first kappa shape index (κ1) is 13.4. The van der Waals surface area contributed by atoms with E-state index in [1.807, 2.05) is 0 Å². The van der Waals surface area contributed by atoms with Crippen LogP contribution < -0.4 is 15.8 Å². The number of primary amides is 1. The molecule has 1 fully saturated rings. The number of rotatable bonds is 6. The maximum atomic E-state index is 11.6. The highest BCUT2D eigenvalue weighted by molar-refractivity contribution is 5.95. The van der Waals surface area contributed by atoms with Crippen LogP contribution in [0.15, 0.2) is 24.3 Å². The Morgan fingerprint density at radius 1 is 1.32 bits per heavy atom. The van der Waals surface area contributed by atoms with Gasteiger partial charge >= 0.3 is 0 Å². The summed E-state index contributed by atoms with van der Waals surface area (Å²) in [5.41, 5.74) is 5.51. The minimum Gasteiger partial charge on any atom is -0.483 e. The second kappa shape index (κ2) is 6.22. The molecular weight excluding hydrogens is 244 g/mol. The van der Waals surface area contributed by atoms with E-state index < -0.39 is 5.91 Å². The number of benzene rings is 1. The Balaban J connectivity index is 1.80. The van der Waals surface area contributed by atoms with Crippen molar-refractivity contribution in [3.05, 3.63) is 29.8 Å². The van der Waals surface area contributed by atoms with E-state index in [2.05, 4.69) is 5.32 Å². The van der Waals surface area contributed by atoms with Crippen molar-refractivity contribution in [2.45, 2.75) is 19.3 Å². The van der Waals surface area contributed by atoms with Gasteiger partial charge in [0.1, 0.15) is 5.75 Å². The van der Waals surface area contributed by atoms with Crippen LogP contribution in [-0.2, 0) is 4.79 Å². The fourth-order valence-corrected chi connectivity index (χ4v) is 1.95. The van der Waals surface area contributed by atoms with Gasteiger partial charge < -0.3 is 15.8 Å². The molecule has 3 N–H and O–H groups in total. The second-order valence-electron chi connectivity index (χ2n) is 4.75. The summed E-state index contributed by atoms with van der Waals surface area (Å²) in [5, 5.41) is 2.82. The lowest BCUT2D eigenvalue weighted by atomic mass is 9.85. The summed E-state index contributed by atoms with van der Waals surface area (Å²) in [5.74, 6) is 0.215. The van der Waals surface area contributed by atoms with Crippen molar-refractivity contribution in [2.24, 2.45) is 11.7 Å². The highest BCUT2D eigenvalue weighted by Gasteiger charge is 2.18. The molecule has 2 amide bonds. The molecule has 0 aliphatic heterocycles. The molecule has 0 saturated heterocycles. The molecule has 1 aliphatic carbocycles. The number of nitrogens with one attached hydrogen (secondary N) is 1. The van der Waals surface area contributed by atoms with Gasteiger partial charge in [-0.1, -0.05) is 18.6 Å². The molecule has 5 heteroatoms. The van der Waals surface area contributed by atoms with Gasteiger partial charge in [-0.15, -0.1) is 0 Å². The number of carbonyl (C=O) groups is 2. The summed E-state index contributed by atoms with van der Waals surface area (Å²) in [6.07, 6.45) is 3.63. The zero-order valence-corrected chi connectivity index (χ0v) is 10.7. The molecule has 0 bridgehead atoms. The van der Waals surface area contributed by atoms with E-state index in [0.29, 0.717) is 18.2 Å². The maximum Gasteiger partial charge on any atom is 0.257 e. The lowest BCUT2D eigenvalue weighted by molar-refractivity contribution is -0.123. The van der Waals surface area contributed by atoms with Crippen molar-refractivity contribution in [1.82, 2.24) is 5.32 Å². The van der Waals surface area contributed by atoms with Crippen molar-refractivity contribution in [3.8, 4) is 5.75 Å². The Labute approximate surface area is 112 Å². The standard InChI is InChI=1S/C14H18N2O3/c15-14(18)11-6-1-2-7-12(11)19-9-13(17)16-8-10-4-3-5-10/h1-2,6-7,10H,3-5,8-9H2,(H2,15,18)(H,16,17). The zero-order chi connectivity index (χ0) is 13.7. The third-order valence-electron chi connectivity index (χ3n) is 3.32. The van der Waals surface area contributed by atoms with Gasteiger partial charge in [0, 0.05) is 6.54 Å². The van der Waals surface area contributed by atoms with E-state index in [-0.39, 0.29) is 18.1 Å². The Hall–Kier alpha value is -2.04. The predicted molar refractivity (Wildman–Crippen MR) is 70.8 cm³/mol. The Morgan fingerprint density at radius 2 is 2.05 bits per heavy atom. The minimum absolute atomic E-state index is 0.100. The molecule has 0 aromatic heterocycles. The summed E-state index contributed by atoms with van der Waals surface area (Å²) >= 11 is 0. The number of nitrogens with two attached hydrogens (primary N) is 1. The smallest absolute Gasteiger partial charge is 0.257 e. The number of para-hydroxylation sites is 1. The van der Waals surface area contributed by atoms with Gasteiger partial charge in [-0.25, -0.2) is 0 Å². The second-order valence-corrected chi connectivity index (χ2v) is 4.75. The molecule has 5 nitrogen and oxygen atoms in total. The van der Waals surface area contributed by atoms with Crippen LogP contribution in [0.5, 0.6) is 5.75 Å². The lowest BCUT2D eigenvalue weighted by Gasteiger charge is -2.25. The van der Waals surface area contributed by atoms with E-state index in [4.69, 9.17) is 10.5 Å². The summed E-state index contributed by atoms with van der Waals surface area (Å²) in [7, 11) is 0. The predicted octanol–water partition coefficient (Wildman–Crippen LogP) is 1.08. The highest BCUT2D eigenvalue weighted by Crippen LogP contribution is 2.25. The molecule has 0 spiro atoms. The third-order valence-corrected chi connectivity index (χ3v) is 3.32. The summed E-state index contributed by atoms with van der Waals surface area (Å²) < 4.78 is 5.33. The first-order valence-electron chi connectivity index (χ1n) is 6.45. The van der Waals surface area contributed by atoms with E-state index in [9.17, 15) is 9.59 Å². The molecule has 1 saturated carbocycles. The maximum absolute atomic E-state index is 11.6. The van der Waals surface area contributed by atoms with Crippen molar-refractivity contribution in [3.63, 3.8) is 0 Å². The van der Waals surface area contributed by atoms with Crippen molar-refractivity contribution >= 4 is 11.8 Å². The van der Waals surface area contributed by atoms with Gasteiger partial charge in [0.25, 0.3) is 11.8 Å². The van der Waals surface area contributed by atoms with Gasteiger partial charge in [0.15, 0.2) is 6.61 Å². The number of carbonyl (C=O) groups excluding carboxylic acids is 2. The third kappa shape index (κ3) is 3.71. The largest absolute Gasteiger partial charge is 0.483 e. The van der Waals surface area contributed by atoms with Crippen molar-refractivity contribution in [2.75, 3.05) is 13.2 Å². The van der Waals surface area contributed by atoms with Gasteiger partial charge in [-0.3, -0.25) is 9.59 Å². The van der Waals surface area contributed by atoms with Gasteiger partial charge in [0.2, 0.25) is 0 Å². The van der Waals surface area contributed by atoms with E-state index in [0.717, 1.165) is 0 Å².